The molecule has 92 valence electrons. The first-order valence-electron chi connectivity index (χ1n) is 6.21. The molecule has 0 aromatic heterocycles. The first-order valence-corrected chi connectivity index (χ1v) is 6.85. The normalized spacial score (nSPS) is 35.9. The predicted octanol–water partition coefficient (Wildman–Crippen LogP) is 1.28. The number of amides is 1. The zero-order chi connectivity index (χ0) is 11.8. The van der Waals surface area contributed by atoms with E-state index in [-0.39, 0.29) is 11.9 Å². The van der Waals surface area contributed by atoms with Crippen molar-refractivity contribution in [1.82, 2.24) is 4.90 Å². The Kier molecular flexibility index (Phi) is 3.50. The van der Waals surface area contributed by atoms with Gasteiger partial charge < -0.3 is 10.6 Å². The average molecular weight is 242 g/mol. The molecule has 1 saturated carbocycles. The number of rotatable bonds is 2. The fraction of sp³-hybridized carbons (Fsp3) is 0.917. The third-order valence-electron chi connectivity index (χ3n) is 4.20. The van der Waals surface area contributed by atoms with E-state index in [4.69, 9.17) is 5.73 Å². The second-order valence-corrected chi connectivity index (χ2v) is 5.96. The molecule has 1 saturated heterocycles. The minimum atomic E-state index is -0.350. The quantitative estimate of drug-likeness (QED) is 0.717. The molecule has 0 bridgehead atoms. The minimum Gasteiger partial charge on any atom is -0.341 e. The van der Waals surface area contributed by atoms with Crippen molar-refractivity contribution in [3.8, 4) is 0 Å². The monoisotopic (exact) mass is 242 g/mol. The number of hydrogen-bond acceptors (Lipinski definition) is 3. The van der Waals surface area contributed by atoms with Crippen molar-refractivity contribution in [1.29, 1.82) is 0 Å². The third kappa shape index (κ3) is 2.23. The van der Waals surface area contributed by atoms with Crippen LogP contribution in [-0.4, -0.2) is 35.7 Å². The maximum absolute atomic E-state index is 11.8. The number of nitrogens with zero attached hydrogens (tertiary/aromatic N) is 1. The zero-order valence-corrected chi connectivity index (χ0v) is 10.9. The smallest absolute Gasteiger partial charge is 0.239 e. The second-order valence-electron chi connectivity index (χ2n) is 5.59. The van der Waals surface area contributed by atoms with Crippen LogP contribution in [0.2, 0.25) is 0 Å². The number of thiol groups is 1. The van der Waals surface area contributed by atoms with Crippen molar-refractivity contribution in [3.63, 3.8) is 0 Å². The summed E-state index contributed by atoms with van der Waals surface area (Å²) < 4.78 is 0. The highest BCUT2D eigenvalue weighted by atomic mass is 32.1. The van der Waals surface area contributed by atoms with Crippen LogP contribution in [0.4, 0.5) is 0 Å². The van der Waals surface area contributed by atoms with Crippen molar-refractivity contribution in [2.24, 2.45) is 17.1 Å². The molecular weight excluding hydrogens is 220 g/mol. The van der Waals surface area contributed by atoms with Crippen LogP contribution in [-0.2, 0) is 4.79 Å². The van der Waals surface area contributed by atoms with Gasteiger partial charge in [0.1, 0.15) is 0 Å². The fourth-order valence-electron chi connectivity index (χ4n) is 3.26. The molecule has 4 heteroatoms. The Morgan fingerprint density at radius 2 is 2.38 bits per heavy atom. The van der Waals surface area contributed by atoms with E-state index in [0.29, 0.717) is 5.41 Å². The van der Waals surface area contributed by atoms with Gasteiger partial charge in [-0.2, -0.15) is 12.6 Å². The lowest BCUT2D eigenvalue weighted by Gasteiger charge is -2.25. The molecule has 0 radical (unpaired) electrons. The van der Waals surface area contributed by atoms with E-state index in [1.807, 2.05) is 4.90 Å². The highest BCUT2D eigenvalue weighted by Crippen LogP contribution is 2.48. The second kappa shape index (κ2) is 4.57. The van der Waals surface area contributed by atoms with Gasteiger partial charge in [-0.25, -0.2) is 0 Å². The van der Waals surface area contributed by atoms with Gasteiger partial charge in [-0.15, -0.1) is 0 Å². The summed E-state index contributed by atoms with van der Waals surface area (Å²) >= 11 is 4.39. The van der Waals surface area contributed by atoms with E-state index >= 15 is 0 Å². The lowest BCUT2D eigenvalue weighted by atomic mass is 9.85. The first-order chi connectivity index (χ1) is 7.56. The van der Waals surface area contributed by atoms with Gasteiger partial charge in [0.15, 0.2) is 0 Å². The van der Waals surface area contributed by atoms with Crippen LogP contribution in [0, 0.1) is 11.3 Å². The summed E-state index contributed by atoms with van der Waals surface area (Å²) in [6.45, 7) is 3.61. The zero-order valence-electron chi connectivity index (χ0n) is 9.98. The summed E-state index contributed by atoms with van der Waals surface area (Å²) in [5.41, 5.74) is 6.05. The summed E-state index contributed by atoms with van der Waals surface area (Å²) in [5, 5.41) is 0. The van der Waals surface area contributed by atoms with Crippen LogP contribution in [0.1, 0.15) is 32.6 Å². The SMILES string of the molecule is C[C@@H](N)C(=O)N1CC[C@]2(CC[C@@H](CS)C2)C1. The molecule has 0 unspecified atom stereocenters. The fourth-order valence-corrected chi connectivity index (χ4v) is 3.58. The Labute approximate surface area is 103 Å². The predicted molar refractivity (Wildman–Crippen MR) is 68.5 cm³/mol. The molecule has 2 N–H and O–H groups in total. The molecule has 1 heterocycles. The Morgan fingerprint density at radius 3 is 2.94 bits per heavy atom. The molecular formula is C12H22N2OS. The van der Waals surface area contributed by atoms with Crippen LogP contribution < -0.4 is 5.73 Å². The third-order valence-corrected chi connectivity index (χ3v) is 4.72. The van der Waals surface area contributed by atoms with Gasteiger partial charge in [-0.3, -0.25) is 4.79 Å². The average Bonchev–Trinajstić information content (AvgIpc) is 2.85. The molecule has 1 aliphatic carbocycles. The molecule has 2 rings (SSSR count). The first kappa shape index (κ1) is 12.2. The van der Waals surface area contributed by atoms with E-state index in [0.717, 1.165) is 31.2 Å². The molecule has 2 fully saturated rings. The number of carbonyl (C=O) groups is 1. The summed E-state index contributed by atoms with van der Waals surface area (Å²) in [7, 11) is 0. The molecule has 1 aliphatic heterocycles. The van der Waals surface area contributed by atoms with E-state index in [9.17, 15) is 4.79 Å². The summed E-state index contributed by atoms with van der Waals surface area (Å²) in [6.07, 6.45) is 4.96. The number of hydrogen-bond donors (Lipinski definition) is 2. The molecule has 0 aromatic carbocycles. The van der Waals surface area contributed by atoms with E-state index in [1.165, 1.54) is 19.3 Å². The van der Waals surface area contributed by atoms with Gasteiger partial charge in [0.05, 0.1) is 6.04 Å². The molecule has 16 heavy (non-hydrogen) atoms. The Bertz CT molecular complexity index is 282. The van der Waals surface area contributed by atoms with E-state index in [1.54, 1.807) is 6.92 Å². The molecule has 3 atom stereocenters. The van der Waals surface area contributed by atoms with Crippen LogP contribution in [0.3, 0.4) is 0 Å². The van der Waals surface area contributed by atoms with Crippen LogP contribution >= 0.6 is 12.6 Å². The largest absolute Gasteiger partial charge is 0.341 e. The van der Waals surface area contributed by atoms with Crippen molar-refractivity contribution in [3.05, 3.63) is 0 Å². The topological polar surface area (TPSA) is 46.3 Å². The molecule has 1 amide bonds. The van der Waals surface area contributed by atoms with Gasteiger partial charge in [-0.1, -0.05) is 0 Å². The highest BCUT2D eigenvalue weighted by Gasteiger charge is 2.44. The minimum absolute atomic E-state index is 0.117. The van der Waals surface area contributed by atoms with Gasteiger partial charge in [0.2, 0.25) is 5.91 Å². The van der Waals surface area contributed by atoms with Crippen molar-refractivity contribution in [2.75, 3.05) is 18.8 Å². The lowest BCUT2D eigenvalue weighted by molar-refractivity contribution is -0.131. The number of carbonyl (C=O) groups excluding carboxylic acids is 1. The standard InChI is InChI=1S/C12H22N2OS/c1-9(13)11(15)14-5-4-12(8-14)3-2-10(6-12)7-16/h9-10,16H,2-8,13H2,1H3/t9-,10-,12+/m1/s1. The Morgan fingerprint density at radius 1 is 1.62 bits per heavy atom. The maximum Gasteiger partial charge on any atom is 0.239 e. The van der Waals surface area contributed by atoms with Crippen molar-refractivity contribution >= 4 is 18.5 Å². The van der Waals surface area contributed by atoms with Gasteiger partial charge in [-0.05, 0) is 49.7 Å². The van der Waals surface area contributed by atoms with Crippen LogP contribution in [0.15, 0.2) is 0 Å². The molecule has 1 spiro atoms. The lowest BCUT2D eigenvalue weighted by Crippen LogP contribution is -2.41. The van der Waals surface area contributed by atoms with E-state index < -0.39 is 0 Å². The maximum atomic E-state index is 11.8. The van der Waals surface area contributed by atoms with Gasteiger partial charge in [0.25, 0.3) is 0 Å². The Hall–Kier alpha value is -0.220. The highest BCUT2D eigenvalue weighted by molar-refractivity contribution is 7.80. The van der Waals surface area contributed by atoms with E-state index in [2.05, 4.69) is 12.6 Å². The molecule has 0 aromatic rings. The van der Waals surface area contributed by atoms with Crippen molar-refractivity contribution < 1.29 is 4.79 Å². The molecule has 3 nitrogen and oxygen atoms in total. The summed E-state index contributed by atoms with van der Waals surface area (Å²) in [4.78, 5) is 13.8. The van der Waals surface area contributed by atoms with Crippen molar-refractivity contribution in [2.45, 2.75) is 38.6 Å². The molecule has 2 aliphatic rings. The summed E-state index contributed by atoms with van der Waals surface area (Å²) in [6, 6.07) is -0.350. The van der Waals surface area contributed by atoms with Crippen LogP contribution in [0.25, 0.3) is 0 Å². The Balaban J connectivity index is 1.95. The van der Waals surface area contributed by atoms with Gasteiger partial charge >= 0.3 is 0 Å². The number of likely N-dealkylation sites (tertiary alicyclic amines) is 1. The van der Waals surface area contributed by atoms with Gasteiger partial charge in [0, 0.05) is 13.1 Å². The number of nitrogens with two attached hydrogens (primary N) is 1. The summed E-state index contributed by atoms with van der Waals surface area (Å²) in [5.74, 6) is 1.86. The van der Waals surface area contributed by atoms with Crippen LogP contribution in [0.5, 0.6) is 0 Å².